The van der Waals surface area contributed by atoms with Crippen molar-refractivity contribution in [1.29, 1.82) is 0 Å². The van der Waals surface area contributed by atoms with Crippen LogP contribution < -0.4 is 5.32 Å². The van der Waals surface area contributed by atoms with Crippen LogP contribution in [0.2, 0.25) is 0 Å². The summed E-state index contributed by atoms with van der Waals surface area (Å²) in [6.45, 7) is 5.62. The van der Waals surface area contributed by atoms with Crippen LogP contribution in [0.4, 0.5) is 0 Å². The molecule has 0 aromatic heterocycles. The van der Waals surface area contributed by atoms with Gasteiger partial charge in [-0.15, -0.1) is 0 Å². The highest BCUT2D eigenvalue weighted by molar-refractivity contribution is 5.80. The first-order valence-electron chi connectivity index (χ1n) is 32.8. The van der Waals surface area contributed by atoms with E-state index in [2.05, 4.69) is 135 Å². The fourth-order valence-corrected chi connectivity index (χ4v) is 9.42. The minimum atomic E-state index is -1.63. The van der Waals surface area contributed by atoms with Gasteiger partial charge >= 0.3 is 5.97 Å². The molecule has 1 fully saturated rings. The van der Waals surface area contributed by atoms with Gasteiger partial charge in [-0.25, -0.2) is 0 Å². The Morgan fingerprint density at radius 2 is 0.878 bits per heavy atom. The third-order valence-corrected chi connectivity index (χ3v) is 14.6. The van der Waals surface area contributed by atoms with E-state index in [-0.39, 0.29) is 19.4 Å². The van der Waals surface area contributed by atoms with Gasteiger partial charge in [0, 0.05) is 6.42 Å². The van der Waals surface area contributed by atoms with Crippen LogP contribution in [0.5, 0.6) is 0 Å². The van der Waals surface area contributed by atoms with E-state index in [1.54, 1.807) is 6.08 Å². The minimum absolute atomic E-state index is 0.0962. The highest BCUT2D eigenvalue weighted by atomic mass is 16.7. The summed E-state index contributed by atoms with van der Waals surface area (Å²) in [5, 5.41) is 57.0. The summed E-state index contributed by atoms with van der Waals surface area (Å²) < 4.78 is 17.6. The number of nitrogens with one attached hydrogen (secondary N) is 1. The molecule has 6 N–H and O–H groups in total. The number of ether oxygens (including phenoxy) is 3. The second-order valence-electron chi connectivity index (χ2n) is 22.1. The number of esters is 1. The maximum Gasteiger partial charge on any atom is 0.306 e. The molecule has 82 heavy (non-hydrogen) atoms. The Balaban J connectivity index is 2.65. The van der Waals surface area contributed by atoms with Gasteiger partial charge in [-0.2, -0.15) is 0 Å². The zero-order valence-corrected chi connectivity index (χ0v) is 51.8. The van der Waals surface area contributed by atoms with Crippen molar-refractivity contribution in [3.63, 3.8) is 0 Å². The number of aliphatic hydroxyl groups is 5. The lowest BCUT2D eigenvalue weighted by Gasteiger charge is -2.41. The molecule has 1 aliphatic rings. The molecule has 1 amide bonds. The molecule has 0 radical (unpaired) electrons. The van der Waals surface area contributed by atoms with E-state index >= 15 is 0 Å². The largest absolute Gasteiger partial charge is 0.454 e. The van der Waals surface area contributed by atoms with Crippen molar-refractivity contribution in [3.8, 4) is 0 Å². The molecule has 1 heterocycles. The molecule has 8 unspecified atom stereocenters. The molecule has 11 nitrogen and oxygen atoms in total. The highest BCUT2D eigenvalue weighted by Gasteiger charge is 2.47. The van der Waals surface area contributed by atoms with E-state index in [0.717, 1.165) is 141 Å². The molecule has 8 atom stereocenters. The van der Waals surface area contributed by atoms with Gasteiger partial charge in [0.1, 0.15) is 24.4 Å². The lowest BCUT2D eigenvalue weighted by atomic mass is 9.99. The predicted molar refractivity (Wildman–Crippen MR) is 342 cm³/mol. The first-order chi connectivity index (χ1) is 40.2. The number of allylic oxidation sites excluding steroid dienone is 19. The summed E-state index contributed by atoms with van der Waals surface area (Å²) in [5.41, 5.74) is 0. The van der Waals surface area contributed by atoms with Gasteiger partial charge in [0.25, 0.3) is 0 Å². The van der Waals surface area contributed by atoms with Gasteiger partial charge in [-0.1, -0.05) is 251 Å². The fourth-order valence-electron chi connectivity index (χ4n) is 9.42. The Bertz CT molecular complexity index is 1800. The Morgan fingerprint density at radius 1 is 0.488 bits per heavy atom. The smallest absolute Gasteiger partial charge is 0.306 e. The van der Waals surface area contributed by atoms with Crippen molar-refractivity contribution in [1.82, 2.24) is 5.32 Å². The number of hydrogen-bond acceptors (Lipinski definition) is 10. The van der Waals surface area contributed by atoms with E-state index in [0.29, 0.717) is 12.8 Å². The van der Waals surface area contributed by atoms with Gasteiger partial charge in [-0.05, 0) is 116 Å². The number of rotatable bonds is 54. The summed E-state index contributed by atoms with van der Waals surface area (Å²) >= 11 is 0. The standard InChI is InChI=1S/C71H119NO10/c1-4-7-10-13-16-19-22-25-27-29-30-31-32-33-34-35-36-37-39-41-44-47-50-53-56-59-66(76)82-69-68(78)67(77)65(60-73)81-71(69)80-61-62(63(74)57-54-51-48-45-42-24-21-18-15-12-9-6-3)72-70(79)64(75)58-55-52-49-46-43-40-38-28-26-23-20-17-14-11-8-5-2/h7,10,16-17,19-20,25-28,30-31,33-34,36-37,40,43,54,57,62-65,67-69,71,73-75,77-78H,4-6,8-9,11-15,18,21-24,29,32,35,38-39,41-42,44-53,55-56,58-61H2,1-3H3,(H,72,79)/b10-7-,19-16-,20-17-,27-25-,28-26-,31-30-,34-33-,37-36-,43-40-,57-54+. The summed E-state index contributed by atoms with van der Waals surface area (Å²) in [7, 11) is 0. The molecule has 0 aliphatic carbocycles. The number of hydrogen-bond donors (Lipinski definition) is 6. The first-order valence-corrected chi connectivity index (χ1v) is 32.8. The van der Waals surface area contributed by atoms with E-state index in [1.807, 2.05) is 6.08 Å². The monoisotopic (exact) mass is 1150 g/mol. The molecule has 1 rings (SSSR count). The van der Waals surface area contributed by atoms with Crippen molar-refractivity contribution < 1.29 is 49.3 Å². The summed E-state index contributed by atoms with van der Waals surface area (Å²) in [4.78, 5) is 26.6. The fraction of sp³-hybridized carbons (Fsp3) is 0.690. The van der Waals surface area contributed by atoms with Crippen LogP contribution >= 0.6 is 0 Å². The molecular formula is C71H119NO10. The molecule has 0 bridgehead atoms. The lowest BCUT2D eigenvalue weighted by molar-refractivity contribution is -0.305. The predicted octanol–water partition coefficient (Wildman–Crippen LogP) is 16.2. The molecule has 0 aromatic carbocycles. The quantitative estimate of drug-likeness (QED) is 0.0195. The number of amides is 1. The van der Waals surface area contributed by atoms with Crippen LogP contribution in [0.1, 0.15) is 252 Å². The van der Waals surface area contributed by atoms with Crippen LogP contribution in [0.25, 0.3) is 0 Å². The van der Waals surface area contributed by atoms with Crippen molar-refractivity contribution in [3.05, 3.63) is 122 Å². The molecule has 468 valence electrons. The summed E-state index contributed by atoms with van der Waals surface area (Å²) in [6.07, 6.45) is 69.4. The lowest BCUT2D eigenvalue weighted by Crippen LogP contribution is -2.61. The van der Waals surface area contributed by atoms with Crippen molar-refractivity contribution in [2.24, 2.45) is 0 Å². The molecular weight excluding hydrogens is 1030 g/mol. The second-order valence-corrected chi connectivity index (χ2v) is 22.1. The average molecular weight is 1150 g/mol. The van der Waals surface area contributed by atoms with E-state index in [9.17, 15) is 35.1 Å². The highest BCUT2D eigenvalue weighted by Crippen LogP contribution is 2.26. The molecule has 11 heteroatoms. The molecule has 1 aliphatic heterocycles. The summed E-state index contributed by atoms with van der Waals surface area (Å²) in [5.74, 6) is -1.24. The number of aliphatic hydroxyl groups excluding tert-OH is 5. The van der Waals surface area contributed by atoms with Crippen LogP contribution in [-0.2, 0) is 23.8 Å². The Hall–Kier alpha value is -3.94. The van der Waals surface area contributed by atoms with Crippen LogP contribution in [0.3, 0.4) is 0 Å². The normalized spacial score (nSPS) is 19.4. The van der Waals surface area contributed by atoms with Crippen molar-refractivity contribution in [2.45, 2.75) is 301 Å². The SMILES string of the molecule is CC/C=C\C/C=C\C/C=C\C/C=C\C/C=C\C/C=C\CCCCCCCCC(=O)OC1C(OCC(NC(=O)C(O)CCCCC/C=C\C/C=C\C/C=C\CCCCC)C(O)/C=C/CCCCCCCCCCCC)OC(CO)C(O)C1O. The maximum atomic E-state index is 13.4. The van der Waals surface area contributed by atoms with Gasteiger partial charge < -0.3 is 45.1 Å². The van der Waals surface area contributed by atoms with Crippen molar-refractivity contribution >= 4 is 11.9 Å². The summed E-state index contributed by atoms with van der Waals surface area (Å²) in [6, 6.07) is -1.05. The van der Waals surface area contributed by atoms with Gasteiger partial charge in [0.05, 0.1) is 25.4 Å². The molecule has 1 saturated heterocycles. The van der Waals surface area contributed by atoms with E-state index in [4.69, 9.17) is 14.2 Å². The van der Waals surface area contributed by atoms with E-state index < -0.39 is 67.4 Å². The Morgan fingerprint density at radius 3 is 1.34 bits per heavy atom. The van der Waals surface area contributed by atoms with Crippen LogP contribution in [0.15, 0.2) is 122 Å². The number of carbonyl (C=O) groups is 2. The van der Waals surface area contributed by atoms with Crippen LogP contribution in [-0.4, -0.2) is 99.6 Å². The van der Waals surface area contributed by atoms with Crippen molar-refractivity contribution in [2.75, 3.05) is 13.2 Å². The number of unbranched alkanes of at least 4 members (excludes halogenated alkanes) is 22. The number of carbonyl (C=O) groups excluding carboxylic acids is 2. The van der Waals surface area contributed by atoms with Crippen LogP contribution in [0, 0.1) is 0 Å². The minimum Gasteiger partial charge on any atom is -0.454 e. The average Bonchev–Trinajstić information content (AvgIpc) is 3.56. The third kappa shape index (κ3) is 44.6. The zero-order valence-electron chi connectivity index (χ0n) is 51.8. The third-order valence-electron chi connectivity index (χ3n) is 14.6. The molecule has 0 saturated carbocycles. The topological polar surface area (TPSA) is 175 Å². The van der Waals surface area contributed by atoms with Gasteiger partial charge in [0.2, 0.25) is 5.91 Å². The van der Waals surface area contributed by atoms with E-state index in [1.165, 1.54) is 64.2 Å². The molecule has 0 aromatic rings. The molecule has 0 spiro atoms. The van der Waals surface area contributed by atoms with Gasteiger partial charge in [-0.3, -0.25) is 9.59 Å². The van der Waals surface area contributed by atoms with Gasteiger partial charge in [0.15, 0.2) is 12.4 Å². The Labute approximate surface area is 500 Å². The first kappa shape index (κ1) is 76.1. The maximum absolute atomic E-state index is 13.4. The zero-order chi connectivity index (χ0) is 59.6. The Kier molecular flexibility index (Phi) is 53.3. The second kappa shape index (κ2) is 57.5.